The van der Waals surface area contributed by atoms with Crippen LogP contribution in [0.4, 0.5) is 5.69 Å². The van der Waals surface area contributed by atoms with E-state index in [1.54, 1.807) is 0 Å². The standard InChI is InChI=1S/C22H25ClN2O/c23-18-8-6-9-19(15-18)26-14-13-24-21-22(11-4-1-5-12-22)16-17-7-2-3-10-20(17)25-21/h2-3,6-10,15H,1,4-5,11-14,16H2,(H,24,25). The van der Waals surface area contributed by atoms with Crippen molar-refractivity contribution in [1.29, 1.82) is 0 Å². The fraction of sp³-hybridized carbons (Fsp3) is 0.409. The van der Waals surface area contributed by atoms with Gasteiger partial charge in [0, 0.05) is 16.1 Å². The third-order valence-electron chi connectivity index (χ3n) is 5.54. The molecule has 1 saturated carbocycles. The van der Waals surface area contributed by atoms with Gasteiger partial charge in [-0.15, -0.1) is 0 Å². The maximum Gasteiger partial charge on any atom is 0.120 e. The number of nitrogens with zero attached hydrogens (tertiary/aromatic N) is 1. The van der Waals surface area contributed by atoms with Crippen molar-refractivity contribution in [3.63, 3.8) is 0 Å². The van der Waals surface area contributed by atoms with Crippen LogP contribution in [0.3, 0.4) is 0 Å². The van der Waals surface area contributed by atoms with Gasteiger partial charge < -0.3 is 10.1 Å². The first kappa shape index (κ1) is 17.4. The number of benzene rings is 2. The molecular formula is C22H25ClN2O. The first-order valence-corrected chi connectivity index (χ1v) is 9.91. The van der Waals surface area contributed by atoms with Crippen LogP contribution in [-0.2, 0) is 6.42 Å². The number of aliphatic imine (C=N–C) groups is 1. The topological polar surface area (TPSA) is 33.6 Å². The van der Waals surface area contributed by atoms with Crippen LogP contribution in [-0.4, -0.2) is 19.0 Å². The molecule has 2 aromatic carbocycles. The van der Waals surface area contributed by atoms with E-state index in [0.29, 0.717) is 18.2 Å². The maximum absolute atomic E-state index is 6.01. The van der Waals surface area contributed by atoms with Gasteiger partial charge >= 0.3 is 0 Å². The van der Waals surface area contributed by atoms with Gasteiger partial charge in [0.1, 0.15) is 18.2 Å². The molecule has 1 fully saturated rings. The molecule has 3 nitrogen and oxygen atoms in total. The van der Waals surface area contributed by atoms with Crippen molar-refractivity contribution in [3.8, 4) is 5.75 Å². The molecule has 26 heavy (non-hydrogen) atoms. The van der Waals surface area contributed by atoms with Gasteiger partial charge in [-0.25, -0.2) is 0 Å². The molecular weight excluding hydrogens is 344 g/mol. The number of hydrogen-bond donors (Lipinski definition) is 1. The summed E-state index contributed by atoms with van der Waals surface area (Å²) in [6.45, 7) is 1.21. The summed E-state index contributed by atoms with van der Waals surface area (Å²) in [7, 11) is 0. The van der Waals surface area contributed by atoms with Gasteiger partial charge in [0.05, 0.1) is 6.54 Å². The molecule has 2 aliphatic rings. The molecule has 1 aliphatic heterocycles. The van der Waals surface area contributed by atoms with Crippen molar-refractivity contribution >= 4 is 23.1 Å². The number of nitrogens with one attached hydrogen (secondary N) is 1. The fourth-order valence-electron chi connectivity index (χ4n) is 4.23. The van der Waals surface area contributed by atoms with Gasteiger partial charge in [-0.1, -0.05) is 55.1 Å². The summed E-state index contributed by atoms with van der Waals surface area (Å²) in [6, 6.07) is 16.2. The predicted octanol–water partition coefficient (Wildman–Crippen LogP) is 5.74. The van der Waals surface area contributed by atoms with E-state index in [1.807, 2.05) is 24.3 Å². The quantitative estimate of drug-likeness (QED) is 0.698. The third-order valence-corrected chi connectivity index (χ3v) is 5.77. The highest BCUT2D eigenvalue weighted by Crippen LogP contribution is 2.44. The Bertz CT molecular complexity index is 796. The molecule has 1 N–H and O–H groups in total. The Morgan fingerprint density at radius 3 is 2.73 bits per heavy atom. The molecule has 0 radical (unpaired) electrons. The summed E-state index contributed by atoms with van der Waals surface area (Å²) in [5.41, 5.74) is 2.81. The molecule has 136 valence electrons. The molecule has 2 aromatic rings. The second-order valence-electron chi connectivity index (χ2n) is 7.34. The molecule has 0 saturated heterocycles. The molecule has 4 rings (SSSR count). The van der Waals surface area contributed by atoms with Gasteiger partial charge in [0.25, 0.3) is 0 Å². The molecule has 0 atom stereocenters. The highest BCUT2D eigenvalue weighted by molar-refractivity contribution is 6.30. The Kier molecular flexibility index (Phi) is 5.16. The largest absolute Gasteiger partial charge is 0.492 e. The molecule has 0 amide bonds. The van der Waals surface area contributed by atoms with E-state index in [-0.39, 0.29) is 5.41 Å². The molecule has 0 aromatic heterocycles. The van der Waals surface area contributed by atoms with Crippen LogP contribution in [0, 0.1) is 5.41 Å². The lowest BCUT2D eigenvalue weighted by molar-refractivity contribution is 0.276. The highest BCUT2D eigenvalue weighted by atomic mass is 35.5. The average molecular weight is 369 g/mol. The summed E-state index contributed by atoms with van der Waals surface area (Å²) in [6.07, 6.45) is 7.48. The van der Waals surface area contributed by atoms with Crippen LogP contribution in [0.5, 0.6) is 5.75 Å². The minimum atomic E-state index is 0.183. The van der Waals surface area contributed by atoms with E-state index < -0.39 is 0 Å². The third kappa shape index (κ3) is 3.73. The Morgan fingerprint density at radius 2 is 1.88 bits per heavy atom. The van der Waals surface area contributed by atoms with Gasteiger partial charge in [-0.2, -0.15) is 0 Å². The SMILES string of the molecule is Clc1cccc(OCCN=C2Nc3ccccc3CC23CCCCC3)c1. The molecule has 1 heterocycles. The first-order valence-electron chi connectivity index (χ1n) is 9.53. The first-order chi connectivity index (χ1) is 12.8. The Hall–Kier alpha value is -2.00. The van der Waals surface area contributed by atoms with Crippen molar-refractivity contribution in [2.75, 3.05) is 18.5 Å². The number of fused-ring (bicyclic) bond motifs is 1. The number of para-hydroxylation sites is 1. The molecule has 0 bridgehead atoms. The monoisotopic (exact) mass is 368 g/mol. The average Bonchev–Trinajstić information content (AvgIpc) is 2.66. The fourth-order valence-corrected chi connectivity index (χ4v) is 4.41. The number of halogens is 1. The second kappa shape index (κ2) is 7.71. The number of amidine groups is 1. The summed E-state index contributed by atoms with van der Waals surface area (Å²) >= 11 is 6.01. The Labute approximate surface area is 160 Å². The second-order valence-corrected chi connectivity index (χ2v) is 7.77. The molecule has 4 heteroatoms. The van der Waals surface area contributed by atoms with Crippen molar-refractivity contribution in [3.05, 3.63) is 59.1 Å². The van der Waals surface area contributed by atoms with Gasteiger partial charge in [0.2, 0.25) is 0 Å². The van der Waals surface area contributed by atoms with E-state index >= 15 is 0 Å². The number of ether oxygens (including phenoxy) is 1. The van der Waals surface area contributed by atoms with Crippen molar-refractivity contribution in [2.45, 2.75) is 38.5 Å². The number of anilines is 1. The minimum absolute atomic E-state index is 0.183. The van der Waals surface area contributed by atoms with E-state index in [0.717, 1.165) is 18.0 Å². The van der Waals surface area contributed by atoms with Crippen LogP contribution in [0.1, 0.15) is 37.7 Å². The van der Waals surface area contributed by atoms with Crippen molar-refractivity contribution in [1.82, 2.24) is 0 Å². The van der Waals surface area contributed by atoms with Crippen molar-refractivity contribution < 1.29 is 4.74 Å². The number of hydrogen-bond acceptors (Lipinski definition) is 2. The normalized spacial score (nSPS) is 19.8. The van der Waals surface area contributed by atoms with Crippen LogP contribution >= 0.6 is 11.6 Å². The predicted molar refractivity (Wildman–Crippen MR) is 109 cm³/mol. The van der Waals surface area contributed by atoms with Gasteiger partial charge in [-0.05, 0) is 49.1 Å². The van der Waals surface area contributed by atoms with Crippen molar-refractivity contribution in [2.24, 2.45) is 10.4 Å². The van der Waals surface area contributed by atoms with Crippen LogP contribution in [0.2, 0.25) is 5.02 Å². The van der Waals surface area contributed by atoms with Gasteiger partial charge in [0.15, 0.2) is 0 Å². The zero-order chi connectivity index (χ0) is 17.8. The number of rotatable bonds is 4. The summed E-state index contributed by atoms with van der Waals surface area (Å²) in [4.78, 5) is 4.94. The molecule has 0 unspecified atom stereocenters. The van der Waals surface area contributed by atoms with Crippen LogP contribution < -0.4 is 10.1 Å². The Balaban J connectivity index is 1.48. The molecule has 1 spiro atoms. The van der Waals surface area contributed by atoms with E-state index in [9.17, 15) is 0 Å². The summed E-state index contributed by atoms with van der Waals surface area (Å²) in [5.74, 6) is 1.96. The lowest BCUT2D eigenvalue weighted by Gasteiger charge is -2.42. The van der Waals surface area contributed by atoms with E-state index in [4.69, 9.17) is 21.3 Å². The van der Waals surface area contributed by atoms with Crippen LogP contribution in [0.15, 0.2) is 53.5 Å². The Morgan fingerprint density at radius 1 is 1.04 bits per heavy atom. The highest BCUT2D eigenvalue weighted by Gasteiger charge is 2.40. The smallest absolute Gasteiger partial charge is 0.120 e. The van der Waals surface area contributed by atoms with E-state index in [2.05, 4.69) is 29.6 Å². The summed E-state index contributed by atoms with van der Waals surface area (Å²) in [5, 5.41) is 4.33. The minimum Gasteiger partial charge on any atom is -0.492 e. The van der Waals surface area contributed by atoms with E-state index in [1.165, 1.54) is 43.4 Å². The zero-order valence-corrected chi connectivity index (χ0v) is 15.8. The maximum atomic E-state index is 6.01. The molecule has 1 aliphatic carbocycles. The van der Waals surface area contributed by atoms with Crippen LogP contribution in [0.25, 0.3) is 0 Å². The zero-order valence-electron chi connectivity index (χ0n) is 15.0. The lowest BCUT2D eigenvalue weighted by Crippen LogP contribution is -2.43. The van der Waals surface area contributed by atoms with Gasteiger partial charge in [-0.3, -0.25) is 4.99 Å². The lowest BCUT2D eigenvalue weighted by atomic mass is 9.67. The summed E-state index contributed by atoms with van der Waals surface area (Å²) < 4.78 is 5.80.